The van der Waals surface area contributed by atoms with Crippen LogP contribution in [0.3, 0.4) is 0 Å². The molecule has 3 rings (SSSR count). The number of rotatable bonds is 4. The van der Waals surface area contributed by atoms with Crippen molar-refractivity contribution in [3.63, 3.8) is 0 Å². The van der Waals surface area contributed by atoms with Gasteiger partial charge in [-0.2, -0.15) is 0 Å². The van der Waals surface area contributed by atoms with Crippen molar-refractivity contribution >= 4 is 10.9 Å². The summed E-state index contributed by atoms with van der Waals surface area (Å²) in [5.41, 5.74) is 1.72. The van der Waals surface area contributed by atoms with Crippen LogP contribution < -0.4 is 35.0 Å². The quantitative estimate of drug-likeness (QED) is 0.528. The summed E-state index contributed by atoms with van der Waals surface area (Å²) in [6.07, 6.45) is 4.31. The molecule has 7 heteroatoms. The smallest absolute Gasteiger partial charge is 0.859 e. The van der Waals surface area contributed by atoms with Gasteiger partial charge in [-0.3, -0.25) is 4.79 Å². The van der Waals surface area contributed by atoms with Gasteiger partial charge in [0.2, 0.25) is 0 Å². The van der Waals surface area contributed by atoms with Gasteiger partial charge < -0.3 is 15.6 Å². The Balaban J connectivity index is 0.00000225. The van der Waals surface area contributed by atoms with E-state index in [1.807, 2.05) is 13.0 Å². The van der Waals surface area contributed by atoms with Crippen LogP contribution in [0.5, 0.6) is 0 Å². The maximum Gasteiger partial charge on any atom is 1.00 e. The fourth-order valence-electron chi connectivity index (χ4n) is 3.51. The van der Waals surface area contributed by atoms with E-state index in [0.717, 1.165) is 23.9 Å². The zero-order valence-electron chi connectivity index (χ0n) is 14.8. The van der Waals surface area contributed by atoms with Gasteiger partial charge in [0.05, 0.1) is 16.5 Å². The molecule has 2 N–H and O–H groups in total. The first-order chi connectivity index (χ1) is 11.4. The number of hydrogen-bond acceptors (Lipinski definition) is 5. The molecule has 1 heterocycles. The molecule has 128 valence electrons. The van der Waals surface area contributed by atoms with E-state index in [-0.39, 0.29) is 30.3 Å². The van der Waals surface area contributed by atoms with Gasteiger partial charge in [-0.05, 0) is 30.9 Å². The summed E-state index contributed by atoms with van der Waals surface area (Å²) in [6.45, 7) is 5.14. The van der Waals surface area contributed by atoms with Crippen LogP contribution in [0.15, 0.2) is 41.5 Å². The monoisotopic (exact) mass is 335 g/mol. The zero-order valence-corrected chi connectivity index (χ0v) is 14.8. The van der Waals surface area contributed by atoms with E-state index in [2.05, 4.69) is 17.0 Å². The molecule has 1 aromatic heterocycles. The van der Waals surface area contributed by atoms with Crippen LogP contribution in [0, 0.1) is 0 Å². The molecule has 1 aliphatic rings. The molecule has 1 aromatic carbocycles. The Kier molecular flexibility index (Phi) is 5.99. The summed E-state index contributed by atoms with van der Waals surface area (Å²) in [6, 6.07) is 6.98. The molecule has 1 atom stereocenters. The number of aromatic nitrogens is 2. The van der Waals surface area contributed by atoms with Crippen molar-refractivity contribution in [2.24, 2.45) is 0 Å². The number of benzene rings is 1. The molecule has 0 radical (unpaired) electrons. The molecule has 6 nitrogen and oxygen atoms in total. The first kappa shape index (κ1) is 19.6. The maximum absolute atomic E-state index is 12.8. The van der Waals surface area contributed by atoms with Crippen molar-refractivity contribution in [1.29, 1.82) is 0 Å². The van der Waals surface area contributed by atoms with Crippen molar-refractivity contribution in [2.75, 3.05) is 5.43 Å². The van der Waals surface area contributed by atoms with E-state index in [9.17, 15) is 15.0 Å². The second-order valence-electron chi connectivity index (χ2n) is 6.55. The van der Waals surface area contributed by atoms with Crippen LogP contribution in [-0.2, 0) is 0 Å². The molecule has 0 spiro atoms. The number of aliphatic hydroxyl groups is 1. The van der Waals surface area contributed by atoms with Crippen LogP contribution >= 0.6 is 0 Å². The molecule has 0 bridgehead atoms. The van der Waals surface area contributed by atoms with Gasteiger partial charge in [0.25, 0.3) is 5.56 Å². The SMILES string of the molecule is C=C([O-])Nn1c(C(C)C2(O)CCCCC2)nc2ccccc2c1=O.[Li+]. The largest absolute Gasteiger partial charge is 1.00 e. The Morgan fingerprint density at radius 3 is 2.64 bits per heavy atom. The Labute approximate surface area is 158 Å². The number of nitrogens with zero attached hydrogens (tertiary/aromatic N) is 2. The number of para-hydroxylation sites is 1. The minimum atomic E-state index is -0.923. The minimum Gasteiger partial charge on any atom is -0.859 e. The second-order valence-corrected chi connectivity index (χ2v) is 6.55. The normalized spacial score (nSPS) is 17.5. The van der Waals surface area contributed by atoms with E-state index >= 15 is 0 Å². The summed E-state index contributed by atoms with van der Waals surface area (Å²) < 4.78 is 1.13. The molecule has 0 aliphatic heterocycles. The van der Waals surface area contributed by atoms with Crippen molar-refractivity contribution in [1.82, 2.24) is 9.66 Å². The van der Waals surface area contributed by atoms with Gasteiger partial charge in [-0.15, -0.1) is 0 Å². The fourth-order valence-corrected chi connectivity index (χ4v) is 3.51. The Morgan fingerprint density at radius 1 is 1.36 bits per heavy atom. The third-order valence-corrected chi connectivity index (χ3v) is 4.95. The first-order valence-corrected chi connectivity index (χ1v) is 8.29. The molecule has 1 fully saturated rings. The van der Waals surface area contributed by atoms with E-state index in [0.29, 0.717) is 29.6 Å². The van der Waals surface area contributed by atoms with Crippen LogP contribution in [0.4, 0.5) is 0 Å². The predicted octanol–water partition coefficient (Wildman–Crippen LogP) is -1.43. The van der Waals surface area contributed by atoms with Gasteiger partial charge >= 0.3 is 18.9 Å². The molecule has 0 amide bonds. The van der Waals surface area contributed by atoms with E-state index < -0.39 is 11.5 Å². The van der Waals surface area contributed by atoms with E-state index in [1.165, 1.54) is 0 Å². The number of hydrogen-bond donors (Lipinski definition) is 2. The maximum atomic E-state index is 12.8. The average Bonchev–Trinajstić information content (AvgIpc) is 2.57. The van der Waals surface area contributed by atoms with E-state index in [1.54, 1.807) is 18.2 Å². The van der Waals surface area contributed by atoms with Crippen molar-refractivity contribution in [3.05, 3.63) is 52.9 Å². The summed E-state index contributed by atoms with van der Waals surface area (Å²) in [5.74, 6) is -0.625. The second kappa shape index (κ2) is 7.65. The van der Waals surface area contributed by atoms with Crippen LogP contribution in [0.1, 0.15) is 50.8 Å². The minimum absolute atomic E-state index is 0. The Morgan fingerprint density at radius 2 is 2.00 bits per heavy atom. The number of fused-ring (bicyclic) bond motifs is 1. The Hall–Kier alpha value is -1.74. The van der Waals surface area contributed by atoms with Gasteiger partial charge in [0.15, 0.2) is 0 Å². The van der Waals surface area contributed by atoms with Crippen molar-refractivity contribution in [2.45, 2.75) is 50.5 Å². The summed E-state index contributed by atoms with van der Waals surface area (Å²) >= 11 is 0. The van der Waals surface area contributed by atoms with Crippen molar-refractivity contribution < 1.29 is 29.1 Å². The zero-order chi connectivity index (χ0) is 17.3. The molecular weight excluding hydrogens is 313 g/mol. The fraction of sp³-hybridized carbons (Fsp3) is 0.444. The summed E-state index contributed by atoms with van der Waals surface area (Å²) in [7, 11) is 0. The van der Waals surface area contributed by atoms with Crippen LogP contribution in [-0.4, -0.2) is 20.4 Å². The molecule has 25 heavy (non-hydrogen) atoms. The summed E-state index contributed by atoms with van der Waals surface area (Å²) in [5, 5.41) is 22.9. The molecule has 2 aromatic rings. The molecule has 1 unspecified atom stereocenters. The topological polar surface area (TPSA) is 90.2 Å². The number of nitrogens with one attached hydrogen (secondary N) is 1. The Bertz CT molecular complexity index is 828. The molecule has 1 saturated carbocycles. The van der Waals surface area contributed by atoms with Gasteiger partial charge in [0.1, 0.15) is 5.82 Å². The van der Waals surface area contributed by atoms with E-state index in [4.69, 9.17) is 0 Å². The van der Waals surface area contributed by atoms with Gasteiger partial charge in [0, 0.05) is 5.92 Å². The first-order valence-electron chi connectivity index (χ1n) is 8.29. The van der Waals surface area contributed by atoms with Gasteiger partial charge in [-0.25, -0.2) is 9.66 Å². The average molecular weight is 335 g/mol. The standard InChI is InChI=1S/C18H23N3O3.Li/c1-12(18(24)10-6-3-7-11-18)16-19-15-9-5-4-8-14(15)17(23)21(16)20-13(2)22;/h4-5,8-9,12,20,22,24H,2-3,6-7,10-11H2,1H3;/q;+1/p-1. The van der Waals surface area contributed by atoms with Gasteiger partial charge in [-0.1, -0.05) is 44.9 Å². The van der Waals surface area contributed by atoms with Crippen molar-refractivity contribution in [3.8, 4) is 0 Å². The molecule has 1 aliphatic carbocycles. The third kappa shape index (κ3) is 3.76. The third-order valence-electron chi connectivity index (χ3n) is 4.95. The predicted molar refractivity (Wildman–Crippen MR) is 91.0 cm³/mol. The molecular formula is C18H22LiN3O3. The van der Waals surface area contributed by atoms with Crippen LogP contribution in [0.25, 0.3) is 10.9 Å². The molecule has 0 saturated heterocycles. The summed E-state index contributed by atoms with van der Waals surface area (Å²) in [4.78, 5) is 17.3. The van der Waals surface area contributed by atoms with Crippen LogP contribution in [0.2, 0.25) is 0 Å².